The van der Waals surface area contributed by atoms with Crippen LogP contribution >= 0.6 is 0 Å². The van der Waals surface area contributed by atoms with Crippen LogP contribution in [0.5, 0.6) is 0 Å². The summed E-state index contributed by atoms with van der Waals surface area (Å²) in [4.78, 5) is 11.6. The summed E-state index contributed by atoms with van der Waals surface area (Å²) >= 11 is 0. The highest BCUT2D eigenvalue weighted by Crippen LogP contribution is 2.29. The van der Waals surface area contributed by atoms with Crippen molar-refractivity contribution in [1.29, 1.82) is 0 Å². The van der Waals surface area contributed by atoms with Gasteiger partial charge in [0, 0.05) is 38.9 Å². The van der Waals surface area contributed by atoms with Crippen LogP contribution in [0.15, 0.2) is 18.2 Å². The number of hydrogen-bond donors (Lipinski definition) is 1. The van der Waals surface area contributed by atoms with Gasteiger partial charge in [-0.1, -0.05) is 6.07 Å². The molecule has 0 aromatic heterocycles. The smallest absolute Gasteiger partial charge is 0.326 e. The van der Waals surface area contributed by atoms with Crippen molar-refractivity contribution in [2.24, 2.45) is 5.92 Å². The van der Waals surface area contributed by atoms with E-state index in [0.29, 0.717) is 23.4 Å². The monoisotopic (exact) mass is 378 g/mol. The molecular weight excluding hydrogens is 358 g/mol. The Balaban J connectivity index is 2.31. The molecule has 1 fully saturated rings. The van der Waals surface area contributed by atoms with Crippen molar-refractivity contribution in [3.8, 4) is 0 Å². The van der Waals surface area contributed by atoms with Gasteiger partial charge in [-0.25, -0.2) is 8.78 Å². The molecule has 7 nitrogen and oxygen atoms in total. The number of carboxylic acid groups (broad SMARTS) is 1. The Labute approximate surface area is 145 Å². The molecule has 1 aromatic carbocycles. The van der Waals surface area contributed by atoms with Crippen LogP contribution in [0.3, 0.4) is 0 Å². The van der Waals surface area contributed by atoms with Crippen LogP contribution in [0, 0.1) is 17.6 Å². The first kappa shape index (κ1) is 19.7. The molecule has 1 aromatic rings. The molecule has 2 rings (SSSR count). The van der Waals surface area contributed by atoms with Gasteiger partial charge >= 0.3 is 5.97 Å². The topological polar surface area (TPSA) is 87.2 Å². The normalized spacial score (nSPS) is 20.1. The standard InChI is InChI=1S/C15H20F2N2O5S/c1-18(25(22,23)19-6-5-10(8-19)9-24-2)14(15(20)21)12-4-3-11(16)7-13(12)17/h3-4,7,10,14H,5-6,8-9H2,1-2H3,(H,20,21). The van der Waals surface area contributed by atoms with Crippen molar-refractivity contribution in [2.45, 2.75) is 12.5 Å². The molecule has 0 radical (unpaired) electrons. The van der Waals surface area contributed by atoms with Crippen molar-refractivity contribution in [2.75, 3.05) is 33.9 Å². The van der Waals surface area contributed by atoms with Crippen molar-refractivity contribution in [3.63, 3.8) is 0 Å². The van der Waals surface area contributed by atoms with Crippen LogP contribution in [-0.2, 0) is 19.7 Å². The Morgan fingerprint density at radius 2 is 2.16 bits per heavy atom. The number of methoxy groups -OCH3 is 1. The summed E-state index contributed by atoms with van der Waals surface area (Å²) in [6, 6.07) is 0.551. The first-order chi connectivity index (χ1) is 11.7. The van der Waals surface area contributed by atoms with Gasteiger partial charge in [0.05, 0.1) is 6.61 Å². The number of carboxylic acids is 1. The molecule has 0 spiro atoms. The lowest BCUT2D eigenvalue weighted by Crippen LogP contribution is -2.45. The van der Waals surface area contributed by atoms with E-state index in [1.54, 1.807) is 0 Å². The molecule has 10 heteroatoms. The minimum Gasteiger partial charge on any atom is -0.480 e. The maximum atomic E-state index is 14.0. The van der Waals surface area contributed by atoms with Crippen molar-refractivity contribution in [3.05, 3.63) is 35.4 Å². The molecule has 2 unspecified atom stereocenters. The van der Waals surface area contributed by atoms with E-state index in [1.807, 2.05) is 0 Å². The van der Waals surface area contributed by atoms with E-state index in [2.05, 4.69) is 0 Å². The number of hydrogen-bond acceptors (Lipinski definition) is 4. The largest absolute Gasteiger partial charge is 0.480 e. The summed E-state index contributed by atoms with van der Waals surface area (Å²) in [7, 11) is -1.55. The first-order valence-electron chi connectivity index (χ1n) is 7.58. The minimum absolute atomic E-state index is 0.0130. The van der Waals surface area contributed by atoms with E-state index in [1.165, 1.54) is 7.11 Å². The highest BCUT2D eigenvalue weighted by molar-refractivity contribution is 7.86. The lowest BCUT2D eigenvalue weighted by atomic mass is 10.1. The average molecular weight is 378 g/mol. The number of benzene rings is 1. The molecule has 1 heterocycles. The molecule has 0 bridgehead atoms. The molecule has 1 aliphatic heterocycles. The third-order valence-corrected chi connectivity index (χ3v) is 6.12. The quantitative estimate of drug-likeness (QED) is 0.771. The molecular formula is C15H20F2N2O5S. The maximum Gasteiger partial charge on any atom is 0.326 e. The molecule has 1 saturated heterocycles. The fourth-order valence-corrected chi connectivity index (χ4v) is 4.47. The number of ether oxygens (including phenoxy) is 1. The molecule has 1 aliphatic rings. The second-order valence-electron chi connectivity index (χ2n) is 5.90. The Hall–Kier alpha value is -1.62. The van der Waals surface area contributed by atoms with E-state index in [0.717, 1.165) is 23.5 Å². The Bertz CT molecular complexity index is 743. The van der Waals surface area contributed by atoms with Crippen LogP contribution in [0.1, 0.15) is 18.0 Å². The highest BCUT2D eigenvalue weighted by atomic mass is 32.2. The summed E-state index contributed by atoms with van der Waals surface area (Å²) in [6.07, 6.45) is 0.587. The SMILES string of the molecule is COCC1CCN(S(=O)(=O)N(C)C(C(=O)O)c2ccc(F)cc2F)C1. The molecule has 0 saturated carbocycles. The molecule has 25 heavy (non-hydrogen) atoms. The third-order valence-electron chi connectivity index (χ3n) is 4.20. The third kappa shape index (κ3) is 4.14. The van der Waals surface area contributed by atoms with Crippen LogP contribution in [-0.4, -0.2) is 62.0 Å². The van der Waals surface area contributed by atoms with Gasteiger partial charge in [-0.15, -0.1) is 0 Å². The zero-order chi connectivity index (χ0) is 18.8. The van der Waals surface area contributed by atoms with Gasteiger partial charge in [-0.2, -0.15) is 17.0 Å². The zero-order valence-electron chi connectivity index (χ0n) is 13.9. The van der Waals surface area contributed by atoms with Crippen LogP contribution in [0.2, 0.25) is 0 Å². The molecule has 140 valence electrons. The second kappa shape index (κ2) is 7.73. The van der Waals surface area contributed by atoms with Gasteiger partial charge in [-0.3, -0.25) is 4.79 Å². The molecule has 0 amide bonds. The second-order valence-corrected chi connectivity index (χ2v) is 7.89. The first-order valence-corrected chi connectivity index (χ1v) is 8.98. The summed E-state index contributed by atoms with van der Waals surface area (Å²) in [5.41, 5.74) is -0.424. The van der Waals surface area contributed by atoms with Gasteiger partial charge in [0.15, 0.2) is 6.04 Å². The van der Waals surface area contributed by atoms with E-state index in [4.69, 9.17) is 4.74 Å². The van der Waals surface area contributed by atoms with E-state index in [-0.39, 0.29) is 19.0 Å². The maximum absolute atomic E-state index is 14.0. The molecule has 0 aliphatic carbocycles. The molecule has 1 N–H and O–H groups in total. The van der Waals surface area contributed by atoms with Gasteiger partial charge in [0.2, 0.25) is 0 Å². The number of aliphatic carboxylic acids is 1. The lowest BCUT2D eigenvalue weighted by Gasteiger charge is -2.29. The summed E-state index contributed by atoms with van der Waals surface area (Å²) in [6.45, 7) is 0.808. The number of halogens is 2. The van der Waals surface area contributed by atoms with E-state index >= 15 is 0 Å². The van der Waals surface area contributed by atoms with Gasteiger partial charge in [0.25, 0.3) is 10.2 Å². The van der Waals surface area contributed by atoms with Gasteiger partial charge in [-0.05, 0) is 18.4 Å². The lowest BCUT2D eigenvalue weighted by molar-refractivity contribution is -0.141. The van der Waals surface area contributed by atoms with Crippen LogP contribution in [0.25, 0.3) is 0 Å². The Kier molecular flexibility index (Phi) is 6.09. The summed E-state index contributed by atoms with van der Waals surface area (Å²) < 4.78 is 59.3. The Morgan fingerprint density at radius 3 is 2.72 bits per heavy atom. The van der Waals surface area contributed by atoms with Crippen molar-refractivity contribution < 1.29 is 31.8 Å². The van der Waals surface area contributed by atoms with Crippen LogP contribution in [0.4, 0.5) is 8.78 Å². The van der Waals surface area contributed by atoms with Crippen molar-refractivity contribution >= 4 is 16.2 Å². The number of likely N-dealkylation sites (N-methyl/N-ethyl adjacent to an activating group) is 1. The number of rotatable bonds is 7. The fourth-order valence-electron chi connectivity index (χ4n) is 2.90. The van der Waals surface area contributed by atoms with Crippen molar-refractivity contribution in [1.82, 2.24) is 8.61 Å². The van der Waals surface area contributed by atoms with Gasteiger partial charge in [0.1, 0.15) is 11.6 Å². The summed E-state index contributed by atoms with van der Waals surface area (Å²) in [5, 5.41) is 9.43. The summed E-state index contributed by atoms with van der Waals surface area (Å²) in [5.74, 6) is -3.53. The highest BCUT2D eigenvalue weighted by Gasteiger charge is 2.40. The molecule has 2 atom stereocenters. The average Bonchev–Trinajstić information content (AvgIpc) is 2.99. The van der Waals surface area contributed by atoms with Crippen LogP contribution < -0.4 is 0 Å². The number of nitrogens with zero attached hydrogens (tertiary/aromatic N) is 2. The predicted molar refractivity (Wildman–Crippen MR) is 85.0 cm³/mol. The Morgan fingerprint density at radius 1 is 1.48 bits per heavy atom. The minimum atomic E-state index is -4.14. The van der Waals surface area contributed by atoms with E-state index < -0.39 is 39.4 Å². The van der Waals surface area contributed by atoms with Gasteiger partial charge < -0.3 is 9.84 Å². The zero-order valence-corrected chi connectivity index (χ0v) is 14.7. The number of carbonyl (C=O) groups is 1. The van der Waals surface area contributed by atoms with E-state index in [9.17, 15) is 27.1 Å². The fraction of sp³-hybridized carbons (Fsp3) is 0.533. The predicted octanol–water partition coefficient (Wildman–Crippen LogP) is 1.24.